The number of aromatic hydroxyl groups is 1. The van der Waals surface area contributed by atoms with E-state index in [0.717, 1.165) is 5.56 Å². The van der Waals surface area contributed by atoms with E-state index in [1.807, 2.05) is 13.0 Å². The van der Waals surface area contributed by atoms with Gasteiger partial charge >= 0.3 is 0 Å². The topological polar surface area (TPSA) is 66.6 Å². The highest BCUT2D eigenvalue weighted by Crippen LogP contribution is 2.12. The maximum absolute atomic E-state index is 11.9. The van der Waals surface area contributed by atoms with Crippen LogP contribution in [0, 0.1) is 5.92 Å². The molecule has 0 bridgehead atoms. The van der Waals surface area contributed by atoms with Crippen LogP contribution in [0.1, 0.15) is 12.5 Å². The van der Waals surface area contributed by atoms with E-state index in [1.165, 1.54) is 0 Å². The second-order valence-electron chi connectivity index (χ2n) is 4.46. The standard InChI is InChI=1S/C13H20N2O2/c1-10(8-14)9-15(2)13(17)7-11-4-3-5-12(16)6-11/h3-6,10,16H,7-9,14H2,1-2H3. The molecule has 0 saturated carbocycles. The van der Waals surface area contributed by atoms with Crippen LogP contribution >= 0.6 is 0 Å². The average molecular weight is 236 g/mol. The second kappa shape index (κ2) is 6.25. The number of phenolic OH excluding ortho intramolecular Hbond substituents is 1. The Hall–Kier alpha value is -1.55. The van der Waals surface area contributed by atoms with E-state index < -0.39 is 0 Å². The van der Waals surface area contributed by atoms with Crippen LogP contribution in [-0.4, -0.2) is 36.1 Å². The minimum atomic E-state index is 0.0379. The van der Waals surface area contributed by atoms with Crippen molar-refractivity contribution in [2.45, 2.75) is 13.3 Å². The minimum absolute atomic E-state index is 0.0379. The van der Waals surface area contributed by atoms with Crippen molar-refractivity contribution in [1.82, 2.24) is 4.90 Å². The van der Waals surface area contributed by atoms with Gasteiger partial charge in [-0.15, -0.1) is 0 Å². The highest BCUT2D eigenvalue weighted by molar-refractivity contribution is 5.78. The van der Waals surface area contributed by atoms with Gasteiger partial charge in [-0.3, -0.25) is 4.79 Å². The van der Waals surface area contributed by atoms with Gasteiger partial charge in [-0.1, -0.05) is 19.1 Å². The fraction of sp³-hybridized carbons (Fsp3) is 0.462. The van der Waals surface area contributed by atoms with Crippen LogP contribution in [0.4, 0.5) is 0 Å². The lowest BCUT2D eigenvalue weighted by atomic mass is 10.1. The summed E-state index contributed by atoms with van der Waals surface area (Å²) in [4.78, 5) is 13.6. The molecule has 1 rings (SSSR count). The van der Waals surface area contributed by atoms with E-state index in [0.29, 0.717) is 25.4 Å². The zero-order chi connectivity index (χ0) is 12.8. The summed E-state index contributed by atoms with van der Waals surface area (Å²) in [6, 6.07) is 6.77. The van der Waals surface area contributed by atoms with Crippen molar-refractivity contribution in [2.24, 2.45) is 11.7 Å². The Kier molecular flexibility index (Phi) is 4.97. The summed E-state index contributed by atoms with van der Waals surface area (Å²) < 4.78 is 0. The first-order valence-electron chi connectivity index (χ1n) is 5.75. The average Bonchev–Trinajstić information content (AvgIpc) is 2.28. The van der Waals surface area contributed by atoms with Gasteiger partial charge in [0.2, 0.25) is 5.91 Å². The fourth-order valence-electron chi connectivity index (χ4n) is 1.62. The monoisotopic (exact) mass is 236 g/mol. The number of carbonyl (C=O) groups excluding carboxylic acids is 1. The second-order valence-corrected chi connectivity index (χ2v) is 4.46. The number of nitrogens with two attached hydrogens (primary N) is 1. The van der Waals surface area contributed by atoms with Crippen molar-refractivity contribution in [3.8, 4) is 5.75 Å². The summed E-state index contributed by atoms with van der Waals surface area (Å²) in [5.74, 6) is 0.525. The molecule has 1 aromatic carbocycles. The third-order valence-electron chi connectivity index (χ3n) is 2.68. The van der Waals surface area contributed by atoms with Crippen molar-refractivity contribution in [3.63, 3.8) is 0 Å². The Bertz CT molecular complexity index is 379. The van der Waals surface area contributed by atoms with Crippen molar-refractivity contribution in [2.75, 3.05) is 20.1 Å². The maximum atomic E-state index is 11.9. The Balaban J connectivity index is 2.54. The van der Waals surface area contributed by atoms with Gasteiger partial charge in [-0.05, 0) is 30.2 Å². The van der Waals surface area contributed by atoms with E-state index in [9.17, 15) is 9.90 Å². The van der Waals surface area contributed by atoms with E-state index in [2.05, 4.69) is 0 Å². The molecule has 0 radical (unpaired) electrons. The van der Waals surface area contributed by atoms with Gasteiger partial charge in [0.1, 0.15) is 5.75 Å². The molecule has 1 atom stereocenters. The molecule has 1 aromatic rings. The normalized spacial score (nSPS) is 12.2. The predicted molar refractivity (Wildman–Crippen MR) is 67.7 cm³/mol. The zero-order valence-corrected chi connectivity index (χ0v) is 10.4. The predicted octanol–water partition coefficient (Wildman–Crippen LogP) is 0.988. The molecular formula is C13H20N2O2. The molecule has 1 unspecified atom stereocenters. The summed E-state index contributed by atoms with van der Waals surface area (Å²) in [5, 5.41) is 9.31. The van der Waals surface area contributed by atoms with Gasteiger partial charge in [0.25, 0.3) is 0 Å². The Morgan fingerprint density at radius 2 is 2.24 bits per heavy atom. The number of likely N-dealkylation sites (N-methyl/N-ethyl adjacent to an activating group) is 1. The van der Waals surface area contributed by atoms with Gasteiger partial charge in [-0.2, -0.15) is 0 Å². The molecule has 4 heteroatoms. The van der Waals surface area contributed by atoms with E-state index in [-0.39, 0.29) is 11.7 Å². The molecule has 0 spiro atoms. The molecule has 1 amide bonds. The molecule has 3 N–H and O–H groups in total. The van der Waals surface area contributed by atoms with Crippen LogP contribution < -0.4 is 5.73 Å². The van der Waals surface area contributed by atoms with E-state index >= 15 is 0 Å². The Morgan fingerprint density at radius 3 is 2.82 bits per heavy atom. The Labute approximate surface area is 102 Å². The molecule has 0 aliphatic carbocycles. The number of phenols is 1. The summed E-state index contributed by atoms with van der Waals surface area (Å²) >= 11 is 0. The lowest BCUT2D eigenvalue weighted by Gasteiger charge is -2.20. The smallest absolute Gasteiger partial charge is 0.226 e. The number of hydrogen-bond acceptors (Lipinski definition) is 3. The summed E-state index contributed by atoms with van der Waals surface area (Å²) in [7, 11) is 1.78. The lowest BCUT2D eigenvalue weighted by Crippen LogP contribution is -2.34. The molecule has 4 nitrogen and oxygen atoms in total. The zero-order valence-electron chi connectivity index (χ0n) is 10.4. The molecule has 0 saturated heterocycles. The van der Waals surface area contributed by atoms with E-state index in [4.69, 9.17) is 5.73 Å². The van der Waals surface area contributed by atoms with Gasteiger partial charge in [0.05, 0.1) is 6.42 Å². The van der Waals surface area contributed by atoms with Crippen molar-refractivity contribution < 1.29 is 9.90 Å². The van der Waals surface area contributed by atoms with Gasteiger partial charge in [0, 0.05) is 13.6 Å². The third-order valence-corrected chi connectivity index (χ3v) is 2.68. The number of nitrogens with zero attached hydrogens (tertiary/aromatic N) is 1. The summed E-state index contributed by atoms with van der Waals surface area (Å²) in [6.07, 6.45) is 0.308. The maximum Gasteiger partial charge on any atom is 0.226 e. The quantitative estimate of drug-likeness (QED) is 0.801. The minimum Gasteiger partial charge on any atom is -0.508 e. The van der Waals surface area contributed by atoms with Gasteiger partial charge in [-0.25, -0.2) is 0 Å². The van der Waals surface area contributed by atoms with Gasteiger partial charge < -0.3 is 15.7 Å². The highest BCUT2D eigenvalue weighted by atomic mass is 16.3. The SMILES string of the molecule is CC(CN)CN(C)C(=O)Cc1cccc(O)c1. The van der Waals surface area contributed by atoms with Crippen molar-refractivity contribution in [1.29, 1.82) is 0 Å². The number of benzene rings is 1. The first-order valence-corrected chi connectivity index (χ1v) is 5.75. The molecular weight excluding hydrogens is 216 g/mol. The van der Waals surface area contributed by atoms with Crippen LogP contribution in [-0.2, 0) is 11.2 Å². The first-order chi connectivity index (χ1) is 8.02. The van der Waals surface area contributed by atoms with Crippen molar-refractivity contribution in [3.05, 3.63) is 29.8 Å². The van der Waals surface area contributed by atoms with Crippen molar-refractivity contribution >= 4 is 5.91 Å². The van der Waals surface area contributed by atoms with Crippen LogP contribution in [0.2, 0.25) is 0 Å². The van der Waals surface area contributed by atoms with Crippen LogP contribution in [0.3, 0.4) is 0 Å². The van der Waals surface area contributed by atoms with Crippen LogP contribution in [0.5, 0.6) is 5.75 Å². The van der Waals surface area contributed by atoms with Gasteiger partial charge in [0.15, 0.2) is 0 Å². The highest BCUT2D eigenvalue weighted by Gasteiger charge is 2.12. The first kappa shape index (κ1) is 13.5. The number of hydrogen-bond donors (Lipinski definition) is 2. The number of carbonyl (C=O) groups is 1. The number of amides is 1. The summed E-state index contributed by atoms with van der Waals surface area (Å²) in [5.41, 5.74) is 6.34. The van der Waals surface area contributed by atoms with Crippen LogP contribution in [0.15, 0.2) is 24.3 Å². The molecule has 94 valence electrons. The third kappa shape index (κ3) is 4.44. The molecule has 0 aliphatic rings. The largest absolute Gasteiger partial charge is 0.508 e. The molecule has 0 heterocycles. The molecule has 0 fully saturated rings. The van der Waals surface area contributed by atoms with Crippen LogP contribution in [0.25, 0.3) is 0 Å². The lowest BCUT2D eigenvalue weighted by molar-refractivity contribution is -0.129. The van der Waals surface area contributed by atoms with E-state index in [1.54, 1.807) is 30.1 Å². The summed E-state index contributed by atoms with van der Waals surface area (Å²) in [6.45, 7) is 3.25. The molecule has 17 heavy (non-hydrogen) atoms. The Morgan fingerprint density at radius 1 is 1.53 bits per heavy atom. The number of rotatable bonds is 5. The molecule has 0 aromatic heterocycles. The fourth-order valence-corrected chi connectivity index (χ4v) is 1.62. The molecule has 0 aliphatic heterocycles.